The van der Waals surface area contributed by atoms with Crippen molar-refractivity contribution in [3.05, 3.63) is 113 Å². The second-order valence-corrected chi connectivity index (χ2v) is 11.8. The summed E-state index contributed by atoms with van der Waals surface area (Å²) in [7, 11) is -7.64. The van der Waals surface area contributed by atoms with E-state index in [4.69, 9.17) is 11.6 Å². The number of rotatable bonds is 8. The Balaban J connectivity index is 1.40. The zero-order valence-electron chi connectivity index (χ0n) is 19.5. The van der Waals surface area contributed by atoms with Gasteiger partial charge in [0.2, 0.25) is 0 Å². The average Bonchev–Trinajstić information content (AvgIpc) is 2.86. The molecular formula is C26H22ClN3O5S2. The lowest BCUT2D eigenvalue weighted by Gasteiger charge is -2.11. The minimum Gasteiger partial charge on any atom is -0.322 e. The third-order valence-corrected chi connectivity index (χ3v) is 8.38. The fraction of sp³-hybridized carbons (Fsp3) is 0.0385. The molecule has 8 nitrogen and oxygen atoms in total. The van der Waals surface area contributed by atoms with Crippen LogP contribution in [0.25, 0.3) is 0 Å². The molecule has 0 saturated carbocycles. The van der Waals surface area contributed by atoms with E-state index < -0.39 is 26.0 Å². The Morgan fingerprint density at radius 3 is 1.76 bits per heavy atom. The zero-order valence-corrected chi connectivity index (χ0v) is 21.9. The molecule has 0 bridgehead atoms. The van der Waals surface area contributed by atoms with Gasteiger partial charge in [-0.25, -0.2) is 16.8 Å². The maximum absolute atomic E-state index is 12.6. The Hall–Kier alpha value is -3.86. The monoisotopic (exact) mass is 555 g/mol. The highest BCUT2D eigenvalue weighted by atomic mass is 35.5. The van der Waals surface area contributed by atoms with E-state index in [1.54, 1.807) is 36.4 Å². The Kier molecular flexibility index (Phi) is 7.53. The van der Waals surface area contributed by atoms with Gasteiger partial charge in [0.1, 0.15) is 0 Å². The first-order valence-corrected chi connectivity index (χ1v) is 14.3. The van der Waals surface area contributed by atoms with Crippen molar-refractivity contribution in [1.82, 2.24) is 0 Å². The average molecular weight is 556 g/mol. The van der Waals surface area contributed by atoms with Crippen LogP contribution in [0.5, 0.6) is 0 Å². The Labute approximate surface area is 220 Å². The van der Waals surface area contributed by atoms with Crippen LogP contribution in [0.15, 0.2) is 107 Å². The predicted octanol–water partition coefficient (Wildman–Crippen LogP) is 5.50. The van der Waals surface area contributed by atoms with Crippen molar-refractivity contribution in [3.8, 4) is 0 Å². The Morgan fingerprint density at radius 2 is 1.16 bits per heavy atom. The van der Waals surface area contributed by atoms with Gasteiger partial charge in [0.05, 0.1) is 20.5 Å². The number of sulfonamides is 2. The van der Waals surface area contributed by atoms with E-state index in [1.807, 2.05) is 6.92 Å². The molecule has 4 aromatic carbocycles. The number of benzene rings is 4. The molecule has 0 heterocycles. The second kappa shape index (κ2) is 10.6. The van der Waals surface area contributed by atoms with Gasteiger partial charge in [-0.05, 0) is 79.7 Å². The molecule has 0 aromatic heterocycles. The molecule has 4 rings (SSSR count). The maximum atomic E-state index is 12.6. The van der Waals surface area contributed by atoms with Gasteiger partial charge in [0.15, 0.2) is 0 Å². The van der Waals surface area contributed by atoms with Gasteiger partial charge in [-0.1, -0.05) is 41.4 Å². The zero-order chi connectivity index (χ0) is 26.6. The first-order chi connectivity index (χ1) is 17.5. The minimum absolute atomic E-state index is 0.00404. The molecule has 190 valence electrons. The fourth-order valence-corrected chi connectivity index (χ4v) is 5.67. The SMILES string of the molecule is Cc1ccc(S(=O)(=O)Nc2ccc(C(=O)Nc3ccc(S(=O)(=O)Nc4ccccc4Cl)cc3)cc2)cc1. The lowest BCUT2D eigenvalue weighted by molar-refractivity contribution is 0.102. The quantitative estimate of drug-likeness (QED) is 0.265. The van der Waals surface area contributed by atoms with Crippen LogP contribution in [-0.2, 0) is 20.0 Å². The molecule has 4 aromatic rings. The summed E-state index contributed by atoms with van der Waals surface area (Å²) in [5.41, 5.74) is 2.17. The fourth-order valence-electron chi connectivity index (χ4n) is 3.29. The van der Waals surface area contributed by atoms with E-state index in [0.717, 1.165) is 5.56 Å². The molecule has 0 atom stereocenters. The van der Waals surface area contributed by atoms with E-state index in [1.165, 1.54) is 60.7 Å². The first-order valence-electron chi connectivity index (χ1n) is 10.9. The molecule has 3 N–H and O–H groups in total. The lowest BCUT2D eigenvalue weighted by atomic mass is 10.2. The maximum Gasteiger partial charge on any atom is 0.261 e. The third-order valence-electron chi connectivity index (χ3n) is 5.27. The van der Waals surface area contributed by atoms with Crippen LogP contribution in [0, 0.1) is 6.92 Å². The molecular weight excluding hydrogens is 534 g/mol. The topological polar surface area (TPSA) is 121 Å². The molecule has 0 aliphatic heterocycles. The number of anilines is 3. The number of amides is 1. The van der Waals surface area contributed by atoms with Crippen LogP contribution in [0.2, 0.25) is 5.02 Å². The number of carbonyl (C=O) groups is 1. The molecule has 1 amide bonds. The number of carbonyl (C=O) groups excluding carboxylic acids is 1. The summed E-state index contributed by atoms with van der Waals surface area (Å²) >= 11 is 6.02. The van der Waals surface area contributed by atoms with Crippen LogP contribution in [-0.4, -0.2) is 22.7 Å². The van der Waals surface area contributed by atoms with Crippen LogP contribution < -0.4 is 14.8 Å². The number of aryl methyl sites for hydroxylation is 1. The third kappa shape index (κ3) is 6.48. The largest absolute Gasteiger partial charge is 0.322 e. The van der Waals surface area contributed by atoms with E-state index in [2.05, 4.69) is 14.8 Å². The highest BCUT2D eigenvalue weighted by molar-refractivity contribution is 7.93. The minimum atomic E-state index is -3.88. The van der Waals surface area contributed by atoms with Crippen LogP contribution >= 0.6 is 11.6 Å². The summed E-state index contributed by atoms with van der Waals surface area (Å²) in [6, 6.07) is 24.5. The molecule has 0 saturated heterocycles. The number of hydrogen-bond acceptors (Lipinski definition) is 5. The molecule has 0 aliphatic rings. The van der Waals surface area contributed by atoms with Crippen molar-refractivity contribution in [3.63, 3.8) is 0 Å². The van der Waals surface area contributed by atoms with Crippen molar-refractivity contribution >= 4 is 54.6 Å². The number of nitrogens with one attached hydrogen (secondary N) is 3. The Morgan fingerprint density at radius 1 is 0.649 bits per heavy atom. The summed E-state index contributed by atoms with van der Waals surface area (Å²) in [4.78, 5) is 12.8. The van der Waals surface area contributed by atoms with Gasteiger partial charge in [0, 0.05) is 16.9 Å². The van der Waals surface area contributed by atoms with E-state index in [-0.39, 0.29) is 26.1 Å². The second-order valence-electron chi connectivity index (χ2n) is 8.06. The van der Waals surface area contributed by atoms with Gasteiger partial charge >= 0.3 is 0 Å². The van der Waals surface area contributed by atoms with Crippen molar-refractivity contribution < 1.29 is 21.6 Å². The summed E-state index contributed by atoms with van der Waals surface area (Å²) < 4.78 is 55.3. The molecule has 0 aliphatic carbocycles. The van der Waals surface area contributed by atoms with Gasteiger partial charge in [-0.15, -0.1) is 0 Å². The molecule has 0 fully saturated rings. The van der Waals surface area contributed by atoms with Gasteiger partial charge in [0.25, 0.3) is 26.0 Å². The number of halogens is 1. The number of para-hydroxylation sites is 1. The number of hydrogen-bond donors (Lipinski definition) is 3. The molecule has 0 radical (unpaired) electrons. The smallest absolute Gasteiger partial charge is 0.261 e. The molecule has 37 heavy (non-hydrogen) atoms. The summed E-state index contributed by atoms with van der Waals surface area (Å²) in [5.74, 6) is -0.447. The van der Waals surface area contributed by atoms with Gasteiger partial charge in [-0.3, -0.25) is 14.2 Å². The summed E-state index contributed by atoms with van der Waals surface area (Å²) in [6.07, 6.45) is 0. The molecule has 11 heteroatoms. The normalized spacial score (nSPS) is 11.5. The predicted molar refractivity (Wildman–Crippen MR) is 145 cm³/mol. The van der Waals surface area contributed by atoms with Crippen molar-refractivity contribution in [1.29, 1.82) is 0 Å². The van der Waals surface area contributed by atoms with Crippen LogP contribution in [0.1, 0.15) is 15.9 Å². The standard InChI is InChI=1S/C26H22ClN3O5S2/c1-18-6-14-22(15-7-18)36(32,33)29-21-10-8-19(9-11-21)26(31)28-20-12-16-23(17-13-20)37(34,35)30-25-5-3-2-4-24(25)27/h2-17,29-30H,1H3,(H,28,31). The molecule has 0 spiro atoms. The summed E-state index contributed by atoms with van der Waals surface area (Å²) in [6.45, 7) is 1.86. The van der Waals surface area contributed by atoms with Crippen molar-refractivity contribution in [2.75, 3.05) is 14.8 Å². The molecule has 0 unspecified atom stereocenters. The van der Waals surface area contributed by atoms with E-state index in [9.17, 15) is 21.6 Å². The van der Waals surface area contributed by atoms with Crippen LogP contribution in [0.3, 0.4) is 0 Å². The van der Waals surface area contributed by atoms with Crippen LogP contribution in [0.4, 0.5) is 17.1 Å². The van der Waals surface area contributed by atoms with Crippen molar-refractivity contribution in [2.24, 2.45) is 0 Å². The lowest BCUT2D eigenvalue weighted by Crippen LogP contribution is -2.15. The van der Waals surface area contributed by atoms with Gasteiger partial charge in [-0.2, -0.15) is 0 Å². The summed E-state index contributed by atoms with van der Waals surface area (Å²) in [5, 5.41) is 2.95. The van der Waals surface area contributed by atoms with Crippen molar-refractivity contribution in [2.45, 2.75) is 16.7 Å². The van der Waals surface area contributed by atoms with E-state index in [0.29, 0.717) is 11.4 Å². The van der Waals surface area contributed by atoms with Gasteiger partial charge < -0.3 is 5.32 Å². The highest BCUT2D eigenvalue weighted by Gasteiger charge is 2.17. The van der Waals surface area contributed by atoms with E-state index >= 15 is 0 Å². The Bertz CT molecular complexity index is 1640. The highest BCUT2D eigenvalue weighted by Crippen LogP contribution is 2.25. The first kappa shape index (κ1) is 26.2.